The van der Waals surface area contributed by atoms with Crippen molar-refractivity contribution in [2.45, 2.75) is 19.4 Å². The second kappa shape index (κ2) is 6.16. The van der Waals surface area contributed by atoms with Gasteiger partial charge in [0, 0.05) is 15.4 Å². The Bertz CT molecular complexity index is 581. The summed E-state index contributed by atoms with van der Waals surface area (Å²) < 4.78 is 14.7. The Balaban J connectivity index is 2.22. The summed E-state index contributed by atoms with van der Waals surface area (Å²) in [5.41, 5.74) is 2.82. The fourth-order valence-corrected chi connectivity index (χ4v) is 2.95. The molecule has 0 bridgehead atoms. The van der Waals surface area contributed by atoms with E-state index in [0.29, 0.717) is 6.42 Å². The molecule has 1 nitrogen and oxygen atoms in total. The van der Waals surface area contributed by atoms with Crippen LogP contribution in [0, 0.1) is 12.7 Å². The SMILES string of the molecule is Cc1cc(Br)c(C(O)Cc2ccc(F)cc2)cc1Br. The summed E-state index contributed by atoms with van der Waals surface area (Å²) >= 11 is 6.93. The van der Waals surface area contributed by atoms with Crippen LogP contribution < -0.4 is 0 Å². The molecular weight excluding hydrogens is 375 g/mol. The van der Waals surface area contributed by atoms with Gasteiger partial charge in [-0.25, -0.2) is 4.39 Å². The van der Waals surface area contributed by atoms with Crippen LogP contribution >= 0.6 is 31.9 Å². The van der Waals surface area contributed by atoms with Gasteiger partial charge in [-0.05, 0) is 47.9 Å². The average molecular weight is 388 g/mol. The lowest BCUT2D eigenvalue weighted by Gasteiger charge is -2.14. The quantitative estimate of drug-likeness (QED) is 0.791. The summed E-state index contributed by atoms with van der Waals surface area (Å²) in [6, 6.07) is 10.1. The summed E-state index contributed by atoms with van der Waals surface area (Å²) in [5.74, 6) is -0.266. The van der Waals surface area contributed by atoms with Gasteiger partial charge >= 0.3 is 0 Å². The first-order valence-corrected chi connectivity index (χ1v) is 7.44. The molecule has 1 N–H and O–H groups in total. The second-order valence-corrected chi connectivity index (χ2v) is 6.18. The van der Waals surface area contributed by atoms with E-state index in [4.69, 9.17) is 0 Å². The van der Waals surface area contributed by atoms with E-state index < -0.39 is 6.10 Å². The lowest BCUT2D eigenvalue weighted by Crippen LogP contribution is -2.03. The van der Waals surface area contributed by atoms with E-state index in [9.17, 15) is 9.50 Å². The van der Waals surface area contributed by atoms with Gasteiger partial charge in [0.1, 0.15) is 5.82 Å². The number of benzene rings is 2. The Morgan fingerprint density at radius 1 is 1.11 bits per heavy atom. The minimum Gasteiger partial charge on any atom is -0.388 e. The van der Waals surface area contributed by atoms with Crippen LogP contribution in [0.3, 0.4) is 0 Å². The number of halogens is 3. The summed E-state index contributed by atoms with van der Waals surface area (Å²) in [7, 11) is 0. The molecule has 0 radical (unpaired) electrons. The van der Waals surface area contributed by atoms with Crippen molar-refractivity contribution in [1.82, 2.24) is 0 Å². The fourth-order valence-electron chi connectivity index (χ4n) is 1.87. The molecule has 0 amide bonds. The molecule has 0 saturated carbocycles. The van der Waals surface area contributed by atoms with Gasteiger partial charge in [-0.2, -0.15) is 0 Å². The number of rotatable bonds is 3. The average Bonchev–Trinajstić information content (AvgIpc) is 2.36. The number of aliphatic hydroxyl groups excluding tert-OH is 1. The van der Waals surface area contributed by atoms with Crippen molar-refractivity contribution in [3.8, 4) is 0 Å². The van der Waals surface area contributed by atoms with E-state index in [1.807, 2.05) is 19.1 Å². The molecule has 2 aromatic carbocycles. The molecule has 19 heavy (non-hydrogen) atoms. The molecule has 2 rings (SSSR count). The van der Waals surface area contributed by atoms with Gasteiger partial charge in [0.2, 0.25) is 0 Å². The molecule has 100 valence electrons. The Morgan fingerprint density at radius 3 is 2.37 bits per heavy atom. The highest BCUT2D eigenvalue weighted by Gasteiger charge is 2.14. The number of hydrogen-bond acceptors (Lipinski definition) is 1. The Labute approximate surface area is 128 Å². The van der Waals surface area contributed by atoms with Gasteiger partial charge in [0.25, 0.3) is 0 Å². The van der Waals surface area contributed by atoms with Gasteiger partial charge in [-0.1, -0.05) is 44.0 Å². The van der Waals surface area contributed by atoms with Crippen molar-refractivity contribution in [3.05, 3.63) is 67.9 Å². The van der Waals surface area contributed by atoms with Crippen molar-refractivity contribution >= 4 is 31.9 Å². The molecule has 0 aliphatic rings. The minimum atomic E-state index is -0.628. The Morgan fingerprint density at radius 2 is 1.74 bits per heavy atom. The molecule has 4 heteroatoms. The van der Waals surface area contributed by atoms with Crippen LogP contribution in [0.4, 0.5) is 4.39 Å². The summed E-state index contributed by atoms with van der Waals surface area (Å²) in [6.45, 7) is 1.99. The summed E-state index contributed by atoms with van der Waals surface area (Å²) in [5, 5.41) is 10.3. The highest BCUT2D eigenvalue weighted by molar-refractivity contribution is 9.11. The van der Waals surface area contributed by atoms with Gasteiger partial charge in [0.15, 0.2) is 0 Å². The number of hydrogen-bond donors (Lipinski definition) is 1. The molecule has 0 saturated heterocycles. The van der Waals surface area contributed by atoms with Crippen LogP contribution in [0.15, 0.2) is 45.3 Å². The normalized spacial score (nSPS) is 12.5. The molecule has 0 heterocycles. The predicted octanol–water partition coefficient (Wildman–Crippen LogP) is 4.94. The lowest BCUT2D eigenvalue weighted by atomic mass is 10.0. The zero-order valence-corrected chi connectivity index (χ0v) is 13.5. The largest absolute Gasteiger partial charge is 0.388 e. The number of aliphatic hydroxyl groups is 1. The molecule has 0 aromatic heterocycles. The van der Waals surface area contributed by atoms with Gasteiger partial charge in [-0.3, -0.25) is 0 Å². The van der Waals surface area contributed by atoms with E-state index in [0.717, 1.165) is 25.6 Å². The standard InChI is InChI=1S/C15H13Br2FO/c1-9-6-14(17)12(8-13(9)16)15(19)7-10-2-4-11(18)5-3-10/h2-6,8,15,19H,7H2,1H3. The monoisotopic (exact) mass is 386 g/mol. The third kappa shape index (κ3) is 3.65. The maximum absolute atomic E-state index is 12.8. The zero-order valence-electron chi connectivity index (χ0n) is 10.3. The predicted molar refractivity (Wildman–Crippen MR) is 81.6 cm³/mol. The zero-order chi connectivity index (χ0) is 14.0. The van der Waals surface area contributed by atoms with Gasteiger partial charge < -0.3 is 5.11 Å². The molecule has 0 aliphatic heterocycles. The summed E-state index contributed by atoms with van der Waals surface area (Å²) in [4.78, 5) is 0. The molecule has 2 aromatic rings. The lowest BCUT2D eigenvalue weighted by molar-refractivity contribution is 0.177. The van der Waals surface area contributed by atoms with Crippen molar-refractivity contribution < 1.29 is 9.50 Å². The highest BCUT2D eigenvalue weighted by atomic mass is 79.9. The van der Waals surface area contributed by atoms with E-state index >= 15 is 0 Å². The first-order valence-electron chi connectivity index (χ1n) is 5.85. The molecule has 0 fully saturated rings. The third-order valence-electron chi connectivity index (χ3n) is 2.98. The first-order chi connectivity index (χ1) is 8.97. The van der Waals surface area contributed by atoms with E-state index in [1.54, 1.807) is 12.1 Å². The van der Waals surface area contributed by atoms with E-state index in [-0.39, 0.29) is 5.82 Å². The fraction of sp³-hybridized carbons (Fsp3) is 0.200. The summed E-state index contributed by atoms with van der Waals surface area (Å²) in [6.07, 6.45) is -0.175. The Kier molecular flexibility index (Phi) is 4.76. The topological polar surface area (TPSA) is 20.2 Å². The minimum absolute atomic E-state index is 0.266. The maximum atomic E-state index is 12.8. The first kappa shape index (κ1) is 14.7. The van der Waals surface area contributed by atoms with Crippen molar-refractivity contribution in [3.63, 3.8) is 0 Å². The molecule has 0 spiro atoms. The smallest absolute Gasteiger partial charge is 0.123 e. The van der Waals surface area contributed by atoms with Crippen LogP contribution in [0.1, 0.15) is 22.8 Å². The second-order valence-electron chi connectivity index (χ2n) is 4.47. The van der Waals surface area contributed by atoms with Crippen molar-refractivity contribution in [1.29, 1.82) is 0 Å². The third-order valence-corrected chi connectivity index (χ3v) is 4.52. The van der Waals surface area contributed by atoms with Crippen LogP contribution in [-0.4, -0.2) is 5.11 Å². The highest BCUT2D eigenvalue weighted by Crippen LogP contribution is 2.31. The molecule has 1 unspecified atom stereocenters. The molecule has 1 atom stereocenters. The van der Waals surface area contributed by atoms with Gasteiger partial charge in [-0.15, -0.1) is 0 Å². The van der Waals surface area contributed by atoms with Crippen LogP contribution in [0.25, 0.3) is 0 Å². The molecular formula is C15H13Br2FO. The van der Waals surface area contributed by atoms with E-state index in [2.05, 4.69) is 31.9 Å². The number of aryl methyl sites for hydroxylation is 1. The van der Waals surface area contributed by atoms with Crippen LogP contribution in [0.5, 0.6) is 0 Å². The molecule has 0 aliphatic carbocycles. The van der Waals surface area contributed by atoms with Gasteiger partial charge in [0.05, 0.1) is 6.10 Å². The Hall–Kier alpha value is -0.710. The van der Waals surface area contributed by atoms with Crippen molar-refractivity contribution in [2.24, 2.45) is 0 Å². The maximum Gasteiger partial charge on any atom is 0.123 e. The van der Waals surface area contributed by atoms with Crippen molar-refractivity contribution in [2.75, 3.05) is 0 Å². The van der Waals surface area contributed by atoms with Crippen LogP contribution in [-0.2, 0) is 6.42 Å². The van der Waals surface area contributed by atoms with E-state index in [1.165, 1.54) is 12.1 Å². The van der Waals surface area contributed by atoms with Crippen LogP contribution in [0.2, 0.25) is 0 Å².